The third-order valence-electron chi connectivity index (χ3n) is 3.14. The first-order chi connectivity index (χ1) is 12.5. The fourth-order valence-electron chi connectivity index (χ4n) is 1.81. The Kier molecular flexibility index (Phi) is 16.8. The summed E-state index contributed by atoms with van der Waals surface area (Å²) in [6.45, 7) is 2.58. The van der Waals surface area contributed by atoms with Crippen molar-refractivity contribution in [2.75, 3.05) is 26.2 Å². The van der Waals surface area contributed by atoms with Crippen molar-refractivity contribution >= 4 is 35.0 Å². The van der Waals surface area contributed by atoms with Crippen LogP contribution in [0.5, 0.6) is 0 Å². The van der Waals surface area contributed by atoms with E-state index in [4.69, 9.17) is 23.2 Å². The van der Waals surface area contributed by atoms with Crippen molar-refractivity contribution in [3.05, 3.63) is 69.7 Å². The number of nitrogens with one attached hydrogen (secondary N) is 2. The van der Waals surface area contributed by atoms with Crippen LogP contribution in [-0.4, -0.2) is 38.0 Å². The van der Waals surface area contributed by atoms with Gasteiger partial charge in [-0.2, -0.15) is 0 Å². The summed E-state index contributed by atoms with van der Waals surface area (Å²) in [7, 11) is 0. The lowest BCUT2D eigenvalue weighted by Crippen LogP contribution is -3.00. The van der Waals surface area contributed by atoms with Crippen LogP contribution < -0.4 is 46.9 Å². The van der Waals surface area contributed by atoms with Crippen LogP contribution in [0.25, 0.3) is 0 Å². The zero-order valence-electron chi connectivity index (χ0n) is 15.2. The molecular formula is C18H24Cl4N4O2. The smallest absolute Gasteiger partial charge is 0.251 e. The molecule has 0 atom stereocenters. The van der Waals surface area contributed by atoms with E-state index in [1.165, 1.54) is 0 Å². The highest BCUT2D eigenvalue weighted by Gasteiger charge is 2.04. The minimum absolute atomic E-state index is 0. The Balaban J connectivity index is 0. The highest BCUT2D eigenvalue weighted by molar-refractivity contribution is 6.31. The third kappa shape index (κ3) is 11.3. The molecule has 0 bridgehead atoms. The average molecular weight is 470 g/mol. The molecule has 2 aromatic rings. The molecule has 0 fully saturated rings. The summed E-state index contributed by atoms with van der Waals surface area (Å²) in [6, 6.07) is 13.6. The molecule has 6 nitrogen and oxygen atoms in total. The van der Waals surface area contributed by atoms with Crippen LogP contribution in [0.2, 0.25) is 10.0 Å². The van der Waals surface area contributed by atoms with Gasteiger partial charge in [0.2, 0.25) is 0 Å². The number of carbonyl (C=O) groups is 2. The van der Waals surface area contributed by atoms with Gasteiger partial charge in [0.05, 0.1) is 26.2 Å². The predicted molar refractivity (Wildman–Crippen MR) is 103 cm³/mol. The lowest BCUT2D eigenvalue weighted by Gasteiger charge is -2.01. The van der Waals surface area contributed by atoms with Crippen molar-refractivity contribution in [2.24, 2.45) is 0 Å². The Morgan fingerprint density at radius 2 is 0.964 bits per heavy atom. The Hall–Kier alpha value is -1.54. The summed E-state index contributed by atoms with van der Waals surface area (Å²) in [6.07, 6.45) is 0. The van der Waals surface area contributed by atoms with Gasteiger partial charge >= 0.3 is 0 Å². The SMILES string of the molecule is [Cl-].[Cl-].[NH3+]CCNC(=O)c1ccc(Cl)cc1.[NH3+]CCNC(=O)c1ccc(Cl)cc1. The average Bonchev–Trinajstić information content (AvgIpc) is 2.66. The highest BCUT2D eigenvalue weighted by atomic mass is 35.5. The minimum Gasteiger partial charge on any atom is -1.00 e. The van der Waals surface area contributed by atoms with Crippen LogP contribution in [0.4, 0.5) is 0 Å². The van der Waals surface area contributed by atoms with E-state index in [9.17, 15) is 9.59 Å². The maximum absolute atomic E-state index is 11.3. The first-order valence-electron chi connectivity index (χ1n) is 8.14. The number of halogens is 4. The summed E-state index contributed by atoms with van der Waals surface area (Å²) >= 11 is 11.4. The zero-order valence-corrected chi connectivity index (χ0v) is 18.2. The van der Waals surface area contributed by atoms with Crippen molar-refractivity contribution < 1.29 is 45.9 Å². The van der Waals surface area contributed by atoms with Crippen LogP contribution in [0, 0.1) is 0 Å². The Morgan fingerprint density at radius 1 is 0.679 bits per heavy atom. The molecule has 10 heteroatoms. The number of benzene rings is 2. The molecule has 0 aliphatic rings. The topological polar surface area (TPSA) is 113 Å². The molecule has 156 valence electrons. The van der Waals surface area contributed by atoms with E-state index in [0.29, 0.717) is 47.4 Å². The van der Waals surface area contributed by atoms with Crippen LogP contribution in [0.1, 0.15) is 20.7 Å². The monoisotopic (exact) mass is 468 g/mol. The van der Waals surface area contributed by atoms with Crippen molar-refractivity contribution in [2.45, 2.75) is 0 Å². The van der Waals surface area contributed by atoms with E-state index in [1.54, 1.807) is 48.5 Å². The lowest BCUT2D eigenvalue weighted by atomic mass is 10.2. The fraction of sp³-hybridized carbons (Fsp3) is 0.222. The quantitative estimate of drug-likeness (QED) is 0.338. The summed E-state index contributed by atoms with van der Waals surface area (Å²) in [5, 5.41) is 6.71. The second-order valence-electron chi connectivity index (χ2n) is 5.23. The van der Waals surface area contributed by atoms with Gasteiger partial charge < -0.3 is 46.9 Å². The first kappa shape index (κ1) is 28.7. The molecule has 0 heterocycles. The molecule has 0 unspecified atom stereocenters. The molecule has 2 rings (SSSR count). The number of hydrogen-bond acceptors (Lipinski definition) is 2. The van der Waals surface area contributed by atoms with E-state index < -0.39 is 0 Å². The second kappa shape index (κ2) is 16.4. The standard InChI is InChI=1S/2C9H11ClN2O.2ClH/c2*10-8-3-1-7(2-4-8)9(13)12-6-5-11;;/h2*1-4H,5-6,11H2,(H,12,13);2*1H. The normalized spacial score (nSPS) is 9.00. The molecule has 0 saturated heterocycles. The van der Waals surface area contributed by atoms with Gasteiger partial charge in [0.15, 0.2) is 0 Å². The number of quaternary nitrogens is 2. The van der Waals surface area contributed by atoms with Crippen LogP contribution in [0.3, 0.4) is 0 Å². The number of carbonyl (C=O) groups excluding carboxylic acids is 2. The van der Waals surface area contributed by atoms with Gasteiger partial charge in [0, 0.05) is 21.2 Å². The van der Waals surface area contributed by atoms with Gasteiger partial charge in [0.1, 0.15) is 0 Å². The molecule has 8 N–H and O–H groups in total. The van der Waals surface area contributed by atoms with Gasteiger partial charge in [-0.1, -0.05) is 23.2 Å². The van der Waals surface area contributed by atoms with Crippen molar-refractivity contribution in [3.8, 4) is 0 Å². The second-order valence-corrected chi connectivity index (χ2v) is 6.11. The van der Waals surface area contributed by atoms with Gasteiger partial charge in [-0.15, -0.1) is 0 Å². The largest absolute Gasteiger partial charge is 1.00 e. The van der Waals surface area contributed by atoms with Gasteiger partial charge in [-0.3, -0.25) is 9.59 Å². The van der Waals surface area contributed by atoms with Crippen molar-refractivity contribution in [1.82, 2.24) is 10.6 Å². The van der Waals surface area contributed by atoms with Gasteiger partial charge in [-0.05, 0) is 48.5 Å². The molecule has 0 radical (unpaired) electrons. The van der Waals surface area contributed by atoms with Crippen molar-refractivity contribution in [1.29, 1.82) is 0 Å². The Morgan fingerprint density at radius 3 is 1.21 bits per heavy atom. The molecule has 28 heavy (non-hydrogen) atoms. The fourth-order valence-corrected chi connectivity index (χ4v) is 2.06. The predicted octanol–water partition coefficient (Wildman–Crippen LogP) is -5.37. The maximum Gasteiger partial charge on any atom is 0.251 e. The molecule has 0 spiro atoms. The zero-order chi connectivity index (χ0) is 19.4. The van der Waals surface area contributed by atoms with E-state index in [-0.39, 0.29) is 36.6 Å². The summed E-state index contributed by atoms with van der Waals surface area (Å²) in [5.74, 6) is -0.166. The van der Waals surface area contributed by atoms with Crippen molar-refractivity contribution in [3.63, 3.8) is 0 Å². The maximum atomic E-state index is 11.3. The van der Waals surface area contributed by atoms with Gasteiger partial charge in [0.25, 0.3) is 11.8 Å². The summed E-state index contributed by atoms with van der Waals surface area (Å²) in [4.78, 5) is 22.7. The van der Waals surface area contributed by atoms with Crippen LogP contribution in [0.15, 0.2) is 48.5 Å². The van der Waals surface area contributed by atoms with E-state index in [1.807, 2.05) is 0 Å². The third-order valence-corrected chi connectivity index (χ3v) is 3.64. The number of amides is 2. The van der Waals surface area contributed by atoms with Gasteiger partial charge in [-0.25, -0.2) is 0 Å². The molecule has 0 saturated carbocycles. The van der Waals surface area contributed by atoms with E-state index >= 15 is 0 Å². The molecule has 2 aromatic carbocycles. The summed E-state index contributed by atoms with van der Waals surface area (Å²) < 4.78 is 0. The number of rotatable bonds is 6. The molecular weight excluding hydrogens is 446 g/mol. The molecule has 0 aliphatic heterocycles. The Labute approximate surface area is 187 Å². The molecule has 2 amide bonds. The minimum atomic E-state index is -0.0830. The number of hydrogen-bond donors (Lipinski definition) is 4. The first-order valence-corrected chi connectivity index (χ1v) is 8.89. The van der Waals surface area contributed by atoms with E-state index in [0.717, 1.165) is 0 Å². The molecule has 0 aliphatic carbocycles. The Bertz CT molecular complexity index is 636. The highest BCUT2D eigenvalue weighted by Crippen LogP contribution is 2.09. The van der Waals surface area contributed by atoms with Crippen LogP contribution >= 0.6 is 23.2 Å². The van der Waals surface area contributed by atoms with Crippen LogP contribution in [-0.2, 0) is 0 Å². The lowest BCUT2D eigenvalue weighted by molar-refractivity contribution is -0.365. The molecule has 0 aromatic heterocycles. The van der Waals surface area contributed by atoms with E-state index in [2.05, 4.69) is 22.1 Å². The summed E-state index contributed by atoms with van der Waals surface area (Å²) in [5.41, 5.74) is 8.51.